The Bertz CT molecular complexity index is 717. The maximum absolute atomic E-state index is 13.5. The second-order valence-electron chi connectivity index (χ2n) is 5.11. The van der Waals surface area contributed by atoms with Crippen LogP contribution in [-0.2, 0) is 17.8 Å². The number of nitrogens with zero attached hydrogens (tertiary/aromatic N) is 1. The SMILES string of the molecule is Nc1cc(CN2C(=O)CCc3ccc(F)cc32)ccc1Br. The van der Waals surface area contributed by atoms with E-state index in [2.05, 4.69) is 15.9 Å². The summed E-state index contributed by atoms with van der Waals surface area (Å²) in [5.41, 5.74) is 9.07. The van der Waals surface area contributed by atoms with Gasteiger partial charge in [0.05, 0.1) is 12.2 Å². The largest absolute Gasteiger partial charge is 0.398 e. The van der Waals surface area contributed by atoms with Gasteiger partial charge in [0, 0.05) is 16.6 Å². The number of halogens is 2. The van der Waals surface area contributed by atoms with Crippen LogP contribution >= 0.6 is 15.9 Å². The Hall–Kier alpha value is -1.88. The molecule has 3 nitrogen and oxygen atoms in total. The number of aryl methyl sites for hydroxylation is 1. The minimum atomic E-state index is -0.330. The lowest BCUT2D eigenvalue weighted by Crippen LogP contribution is -2.34. The molecule has 0 radical (unpaired) electrons. The zero-order chi connectivity index (χ0) is 15.0. The summed E-state index contributed by atoms with van der Waals surface area (Å²) in [4.78, 5) is 13.8. The van der Waals surface area contributed by atoms with E-state index in [1.807, 2.05) is 18.2 Å². The summed E-state index contributed by atoms with van der Waals surface area (Å²) in [5.74, 6) is -0.321. The number of amides is 1. The van der Waals surface area contributed by atoms with E-state index < -0.39 is 0 Å². The molecule has 0 atom stereocenters. The average molecular weight is 349 g/mol. The van der Waals surface area contributed by atoms with Gasteiger partial charge in [0.2, 0.25) is 5.91 Å². The number of hydrogen-bond acceptors (Lipinski definition) is 2. The zero-order valence-corrected chi connectivity index (χ0v) is 12.9. The van der Waals surface area contributed by atoms with Gasteiger partial charge >= 0.3 is 0 Å². The summed E-state index contributed by atoms with van der Waals surface area (Å²) in [7, 11) is 0. The van der Waals surface area contributed by atoms with Crippen LogP contribution in [0.15, 0.2) is 40.9 Å². The van der Waals surface area contributed by atoms with Gasteiger partial charge in [0.25, 0.3) is 0 Å². The number of nitrogens with two attached hydrogens (primary N) is 1. The predicted octanol–water partition coefficient (Wildman–Crippen LogP) is 3.65. The molecule has 1 heterocycles. The van der Waals surface area contributed by atoms with Crippen molar-refractivity contribution in [3.05, 3.63) is 57.8 Å². The third-order valence-corrected chi connectivity index (χ3v) is 4.37. The molecule has 0 saturated heterocycles. The Labute approximate surface area is 130 Å². The van der Waals surface area contributed by atoms with Crippen molar-refractivity contribution in [2.75, 3.05) is 10.6 Å². The summed E-state index contributed by atoms with van der Waals surface area (Å²) < 4.78 is 14.3. The van der Waals surface area contributed by atoms with Gasteiger partial charge in [0.15, 0.2) is 0 Å². The van der Waals surface area contributed by atoms with Gasteiger partial charge in [-0.05, 0) is 57.7 Å². The quantitative estimate of drug-likeness (QED) is 0.842. The summed E-state index contributed by atoms with van der Waals surface area (Å²) in [5, 5.41) is 0. The van der Waals surface area contributed by atoms with Gasteiger partial charge in [-0.3, -0.25) is 4.79 Å². The van der Waals surface area contributed by atoms with Gasteiger partial charge < -0.3 is 10.6 Å². The Morgan fingerprint density at radius 3 is 2.76 bits per heavy atom. The number of anilines is 2. The molecular formula is C16H14BrFN2O. The van der Waals surface area contributed by atoms with E-state index in [-0.39, 0.29) is 11.7 Å². The molecule has 0 aliphatic carbocycles. The van der Waals surface area contributed by atoms with Crippen molar-refractivity contribution in [3.8, 4) is 0 Å². The first-order chi connectivity index (χ1) is 10.0. The summed E-state index contributed by atoms with van der Waals surface area (Å²) in [6.07, 6.45) is 1.11. The number of fused-ring (bicyclic) bond motifs is 1. The van der Waals surface area contributed by atoms with E-state index in [1.165, 1.54) is 12.1 Å². The molecule has 0 saturated carbocycles. The molecule has 0 fully saturated rings. The number of carbonyl (C=O) groups is 1. The van der Waals surface area contributed by atoms with Gasteiger partial charge in [-0.25, -0.2) is 4.39 Å². The van der Waals surface area contributed by atoms with Gasteiger partial charge in [-0.1, -0.05) is 12.1 Å². The second kappa shape index (κ2) is 5.48. The molecule has 5 heteroatoms. The standard InChI is InChI=1S/C16H14BrFN2O/c17-13-5-1-10(7-14(13)19)9-20-15-8-12(18)4-2-11(15)3-6-16(20)21/h1-2,4-5,7-8H,3,6,9,19H2. The highest BCUT2D eigenvalue weighted by Crippen LogP contribution is 2.30. The monoisotopic (exact) mass is 348 g/mol. The molecule has 1 amide bonds. The van der Waals surface area contributed by atoms with Crippen molar-refractivity contribution < 1.29 is 9.18 Å². The third kappa shape index (κ3) is 2.78. The molecule has 2 N–H and O–H groups in total. The third-order valence-electron chi connectivity index (χ3n) is 3.65. The Morgan fingerprint density at radius 2 is 2.00 bits per heavy atom. The molecule has 21 heavy (non-hydrogen) atoms. The minimum absolute atomic E-state index is 0.00888. The molecule has 0 bridgehead atoms. The highest BCUT2D eigenvalue weighted by atomic mass is 79.9. The highest BCUT2D eigenvalue weighted by molar-refractivity contribution is 9.10. The van der Waals surface area contributed by atoms with E-state index in [0.29, 0.717) is 30.8 Å². The van der Waals surface area contributed by atoms with Gasteiger partial charge in [-0.15, -0.1) is 0 Å². The van der Waals surface area contributed by atoms with Crippen LogP contribution in [0.3, 0.4) is 0 Å². The van der Waals surface area contributed by atoms with Crippen molar-refractivity contribution in [1.82, 2.24) is 0 Å². The van der Waals surface area contributed by atoms with Crippen LogP contribution in [-0.4, -0.2) is 5.91 Å². The fourth-order valence-corrected chi connectivity index (χ4v) is 2.80. The topological polar surface area (TPSA) is 46.3 Å². The van der Waals surface area contributed by atoms with Gasteiger partial charge in [-0.2, -0.15) is 0 Å². The van der Waals surface area contributed by atoms with Crippen molar-refractivity contribution >= 4 is 33.2 Å². The Balaban J connectivity index is 1.96. The number of benzene rings is 2. The van der Waals surface area contributed by atoms with E-state index in [0.717, 1.165) is 15.6 Å². The average Bonchev–Trinajstić information content (AvgIpc) is 2.46. The van der Waals surface area contributed by atoms with Crippen LogP contribution in [0.2, 0.25) is 0 Å². The number of nitrogen functional groups attached to an aromatic ring is 1. The van der Waals surface area contributed by atoms with E-state index >= 15 is 0 Å². The lowest BCUT2D eigenvalue weighted by atomic mass is 10.00. The molecular weight excluding hydrogens is 335 g/mol. The fourth-order valence-electron chi connectivity index (χ4n) is 2.56. The Morgan fingerprint density at radius 1 is 1.19 bits per heavy atom. The molecule has 0 unspecified atom stereocenters. The van der Waals surface area contributed by atoms with Crippen LogP contribution in [0.5, 0.6) is 0 Å². The van der Waals surface area contributed by atoms with Crippen LogP contribution < -0.4 is 10.6 Å². The highest BCUT2D eigenvalue weighted by Gasteiger charge is 2.24. The maximum Gasteiger partial charge on any atom is 0.227 e. The molecule has 0 spiro atoms. The molecule has 2 aromatic rings. The first-order valence-electron chi connectivity index (χ1n) is 6.67. The number of rotatable bonds is 2. The molecule has 3 rings (SSSR count). The Kier molecular flexibility index (Phi) is 3.68. The van der Waals surface area contributed by atoms with Crippen molar-refractivity contribution in [1.29, 1.82) is 0 Å². The van der Waals surface area contributed by atoms with Crippen LogP contribution in [0.4, 0.5) is 15.8 Å². The lowest BCUT2D eigenvalue weighted by Gasteiger charge is -2.29. The van der Waals surface area contributed by atoms with Crippen LogP contribution in [0.1, 0.15) is 17.5 Å². The lowest BCUT2D eigenvalue weighted by molar-refractivity contribution is -0.119. The fraction of sp³-hybridized carbons (Fsp3) is 0.188. The summed E-state index contributed by atoms with van der Waals surface area (Å²) in [6, 6.07) is 10.2. The van der Waals surface area contributed by atoms with E-state index in [9.17, 15) is 9.18 Å². The molecule has 0 aromatic heterocycles. The molecule has 108 valence electrons. The smallest absolute Gasteiger partial charge is 0.227 e. The minimum Gasteiger partial charge on any atom is -0.398 e. The molecule has 1 aliphatic heterocycles. The van der Waals surface area contributed by atoms with Gasteiger partial charge in [0.1, 0.15) is 5.82 Å². The maximum atomic E-state index is 13.5. The van der Waals surface area contributed by atoms with E-state index in [4.69, 9.17) is 5.73 Å². The van der Waals surface area contributed by atoms with Crippen molar-refractivity contribution in [2.45, 2.75) is 19.4 Å². The van der Waals surface area contributed by atoms with Crippen LogP contribution in [0.25, 0.3) is 0 Å². The number of hydrogen-bond donors (Lipinski definition) is 1. The normalized spacial score (nSPS) is 14.2. The molecule has 1 aliphatic rings. The van der Waals surface area contributed by atoms with E-state index in [1.54, 1.807) is 11.0 Å². The summed E-state index contributed by atoms with van der Waals surface area (Å²) >= 11 is 3.35. The summed E-state index contributed by atoms with van der Waals surface area (Å²) in [6.45, 7) is 0.396. The number of carbonyl (C=O) groups excluding carboxylic acids is 1. The van der Waals surface area contributed by atoms with Crippen molar-refractivity contribution in [2.24, 2.45) is 0 Å². The second-order valence-corrected chi connectivity index (χ2v) is 5.96. The van der Waals surface area contributed by atoms with Crippen LogP contribution in [0, 0.1) is 5.82 Å². The first kappa shape index (κ1) is 14.1. The van der Waals surface area contributed by atoms with Crippen molar-refractivity contribution in [3.63, 3.8) is 0 Å². The zero-order valence-electron chi connectivity index (χ0n) is 11.3. The predicted molar refractivity (Wildman–Crippen MR) is 84.5 cm³/mol. The first-order valence-corrected chi connectivity index (χ1v) is 7.46. The molecule has 2 aromatic carbocycles.